The molecule has 0 spiro atoms. The summed E-state index contributed by atoms with van der Waals surface area (Å²) in [6.07, 6.45) is 3.15. The van der Waals surface area contributed by atoms with Gasteiger partial charge in [0, 0.05) is 24.3 Å². The number of ketones is 1. The minimum atomic E-state index is -1.01. The fraction of sp³-hybridized carbons (Fsp3) is 0.0625. The first kappa shape index (κ1) is 13.9. The topological polar surface area (TPSA) is 78.0 Å². The fourth-order valence-electron chi connectivity index (χ4n) is 2.34. The van der Waals surface area contributed by atoms with Crippen LogP contribution in [0.1, 0.15) is 15.9 Å². The minimum absolute atomic E-state index is 0.220. The zero-order valence-electron chi connectivity index (χ0n) is 11.5. The highest BCUT2D eigenvalue weighted by atomic mass is 19.1. The number of fused-ring (bicyclic) bond motifs is 1. The molecule has 1 aromatic carbocycles. The zero-order valence-corrected chi connectivity index (χ0v) is 11.5. The molecule has 6 heteroatoms. The van der Waals surface area contributed by atoms with E-state index in [2.05, 4.69) is 4.98 Å². The van der Waals surface area contributed by atoms with E-state index in [-0.39, 0.29) is 11.4 Å². The second kappa shape index (κ2) is 5.40. The van der Waals surface area contributed by atoms with E-state index >= 15 is 0 Å². The molecule has 0 saturated heterocycles. The molecule has 0 bridgehead atoms. The molecule has 2 N–H and O–H groups in total. The molecule has 2 heterocycles. The lowest BCUT2D eigenvalue weighted by atomic mass is 10.1. The van der Waals surface area contributed by atoms with E-state index in [1.165, 1.54) is 12.1 Å². The van der Waals surface area contributed by atoms with Gasteiger partial charge < -0.3 is 10.3 Å². The van der Waals surface area contributed by atoms with Gasteiger partial charge in [0.15, 0.2) is 0 Å². The number of amides is 1. The van der Waals surface area contributed by atoms with Gasteiger partial charge in [0.1, 0.15) is 11.5 Å². The molecular weight excluding hydrogens is 285 g/mol. The number of rotatable bonds is 4. The van der Waals surface area contributed by atoms with Crippen molar-refractivity contribution >= 4 is 22.7 Å². The molecule has 0 aliphatic heterocycles. The summed E-state index contributed by atoms with van der Waals surface area (Å²) < 4.78 is 14.7. The summed E-state index contributed by atoms with van der Waals surface area (Å²) >= 11 is 0. The maximum atomic E-state index is 13.0. The number of aromatic nitrogens is 2. The van der Waals surface area contributed by atoms with Crippen molar-refractivity contribution in [3.63, 3.8) is 0 Å². The number of nitrogens with two attached hydrogens (primary N) is 1. The van der Waals surface area contributed by atoms with E-state index in [4.69, 9.17) is 5.73 Å². The molecular formula is C16H12FN3O2. The second-order valence-electron chi connectivity index (χ2n) is 4.87. The van der Waals surface area contributed by atoms with Crippen molar-refractivity contribution in [3.05, 3.63) is 65.7 Å². The lowest BCUT2D eigenvalue weighted by Gasteiger charge is -2.04. The van der Waals surface area contributed by atoms with E-state index in [9.17, 15) is 14.0 Å². The van der Waals surface area contributed by atoms with Crippen LogP contribution < -0.4 is 5.73 Å². The molecule has 110 valence electrons. The SMILES string of the molecule is NC(=O)C(=O)c1cn(Cc2ccc(F)cc2)c2ncccc12. The Morgan fingerprint density at radius 1 is 1.18 bits per heavy atom. The van der Waals surface area contributed by atoms with Crippen molar-refractivity contribution in [1.82, 2.24) is 9.55 Å². The van der Waals surface area contributed by atoms with Gasteiger partial charge in [-0.1, -0.05) is 12.1 Å². The number of Topliss-reactive ketones (excluding diaryl/α,β-unsaturated/α-hetero) is 1. The van der Waals surface area contributed by atoms with Crippen molar-refractivity contribution in [2.24, 2.45) is 5.73 Å². The highest BCUT2D eigenvalue weighted by Crippen LogP contribution is 2.21. The molecule has 22 heavy (non-hydrogen) atoms. The van der Waals surface area contributed by atoms with Crippen molar-refractivity contribution in [2.45, 2.75) is 6.54 Å². The molecule has 5 nitrogen and oxygen atoms in total. The van der Waals surface area contributed by atoms with Gasteiger partial charge in [-0.2, -0.15) is 0 Å². The van der Waals surface area contributed by atoms with Gasteiger partial charge in [-0.15, -0.1) is 0 Å². The fourth-order valence-corrected chi connectivity index (χ4v) is 2.34. The summed E-state index contributed by atoms with van der Waals surface area (Å²) in [5.41, 5.74) is 6.71. The average molecular weight is 297 g/mol. The Labute approximate surface area is 125 Å². The second-order valence-corrected chi connectivity index (χ2v) is 4.87. The third-order valence-corrected chi connectivity index (χ3v) is 3.37. The van der Waals surface area contributed by atoms with Crippen molar-refractivity contribution in [1.29, 1.82) is 0 Å². The normalized spacial score (nSPS) is 10.8. The van der Waals surface area contributed by atoms with Gasteiger partial charge in [-0.05, 0) is 29.8 Å². The van der Waals surface area contributed by atoms with Crippen LogP contribution in [0, 0.1) is 5.82 Å². The summed E-state index contributed by atoms with van der Waals surface area (Å²) in [6, 6.07) is 9.43. The van der Waals surface area contributed by atoms with E-state index in [1.807, 2.05) is 0 Å². The largest absolute Gasteiger partial charge is 0.363 e. The number of hydrogen-bond donors (Lipinski definition) is 1. The minimum Gasteiger partial charge on any atom is -0.363 e. The Kier molecular flexibility index (Phi) is 3.42. The average Bonchev–Trinajstić information content (AvgIpc) is 2.88. The van der Waals surface area contributed by atoms with Gasteiger partial charge in [-0.25, -0.2) is 9.37 Å². The first-order valence-electron chi connectivity index (χ1n) is 6.58. The molecule has 3 aromatic rings. The van der Waals surface area contributed by atoms with Crippen molar-refractivity contribution in [3.8, 4) is 0 Å². The Morgan fingerprint density at radius 2 is 1.91 bits per heavy atom. The maximum absolute atomic E-state index is 13.0. The van der Waals surface area contributed by atoms with Crippen LogP contribution in [-0.4, -0.2) is 21.2 Å². The van der Waals surface area contributed by atoms with Crippen LogP contribution in [0.25, 0.3) is 11.0 Å². The first-order valence-corrected chi connectivity index (χ1v) is 6.58. The predicted octanol–water partition coefficient (Wildman–Crippen LogP) is 1.89. The van der Waals surface area contributed by atoms with Crippen molar-refractivity contribution in [2.75, 3.05) is 0 Å². The summed E-state index contributed by atoms with van der Waals surface area (Å²) in [5, 5.41) is 0.563. The Bertz CT molecular complexity index is 869. The Morgan fingerprint density at radius 3 is 2.59 bits per heavy atom. The molecule has 0 aliphatic carbocycles. The highest BCUT2D eigenvalue weighted by molar-refractivity contribution is 6.44. The quantitative estimate of drug-likeness (QED) is 0.590. The van der Waals surface area contributed by atoms with Crippen LogP contribution in [0.5, 0.6) is 0 Å². The maximum Gasteiger partial charge on any atom is 0.289 e. The van der Waals surface area contributed by atoms with Gasteiger partial charge in [0.25, 0.3) is 11.7 Å². The Balaban J connectivity index is 2.08. The van der Waals surface area contributed by atoms with Gasteiger partial charge in [0.05, 0.1) is 5.56 Å². The number of pyridine rings is 1. The van der Waals surface area contributed by atoms with Crippen LogP contribution in [0.3, 0.4) is 0 Å². The van der Waals surface area contributed by atoms with Crippen LogP contribution in [0.15, 0.2) is 48.8 Å². The molecule has 0 fully saturated rings. The molecule has 0 aliphatic rings. The van der Waals surface area contributed by atoms with E-state index < -0.39 is 11.7 Å². The molecule has 1 amide bonds. The highest BCUT2D eigenvalue weighted by Gasteiger charge is 2.19. The number of halogens is 1. The molecule has 0 unspecified atom stereocenters. The van der Waals surface area contributed by atoms with Crippen LogP contribution >= 0.6 is 0 Å². The zero-order chi connectivity index (χ0) is 15.7. The standard InChI is InChI=1S/C16H12FN3O2/c17-11-5-3-10(4-6-11)8-20-9-13(14(21)15(18)22)12-2-1-7-19-16(12)20/h1-7,9H,8H2,(H2,18,22). The summed E-state index contributed by atoms with van der Waals surface area (Å²) in [5.74, 6) is -2.08. The van der Waals surface area contributed by atoms with Gasteiger partial charge >= 0.3 is 0 Å². The lowest BCUT2D eigenvalue weighted by Crippen LogP contribution is -2.22. The third-order valence-electron chi connectivity index (χ3n) is 3.37. The van der Waals surface area contributed by atoms with E-state index in [0.717, 1.165) is 5.56 Å². The smallest absolute Gasteiger partial charge is 0.289 e. The molecule has 2 aromatic heterocycles. The lowest BCUT2D eigenvalue weighted by molar-refractivity contribution is -0.114. The summed E-state index contributed by atoms with van der Waals surface area (Å²) in [4.78, 5) is 27.3. The number of hydrogen-bond acceptors (Lipinski definition) is 3. The van der Waals surface area contributed by atoms with Crippen LogP contribution in [-0.2, 0) is 11.3 Å². The molecule has 3 rings (SSSR count). The number of benzene rings is 1. The summed E-state index contributed by atoms with van der Waals surface area (Å²) in [6.45, 7) is 0.403. The van der Waals surface area contributed by atoms with E-state index in [1.54, 1.807) is 41.2 Å². The monoisotopic (exact) mass is 297 g/mol. The molecule has 0 atom stereocenters. The summed E-state index contributed by atoms with van der Waals surface area (Å²) in [7, 11) is 0. The van der Waals surface area contributed by atoms with Crippen LogP contribution in [0.4, 0.5) is 4.39 Å². The Hall–Kier alpha value is -3.02. The number of carbonyl (C=O) groups is 2. The molecule has 0 radical (unpaired) electrons. The molecule has 0 saturated carbocycles. The van der Waals surface area contributed by atoms with Gasteiger partial charge in [-0.3, -0.25) is 9.59 Å². The van der Waals surface area contributed by atoms with E-state index in [0.29, 0.717) is 17.6 Å². The predicted molar refractivity (Wildman–Crippen MR) is 78.8 cm³/mol. The number of nitrogens with zero attached hydrogens (tertiary/aromatic N) is 2. The number of carbonyl (C=O) groups excluding carboxylic acids is 2. The van der Waals surface area contributed by atoms with Gasteiger partial charge in [0.2, 0.25) is 0 Å². The third kappa shape index (κ3) is 2.46. The van der Waals surface area contributed by atoms with Crippen LogP contribution in [0.2, 0.25) is 0 Å². The first-order chi connectivity index (χ1) is 10.6. The number of primary amides is 1. The van der Waals surface area contributed by atoms with Crippen molar-refractivity contribution < 1.29 is 14.0 Å².